The van der Waals surface area contributed by atoms with Crippen LogP contribution in [0.25, 0.3) is 10.9 Å². The number of amides is 1. The minimum Gasteiger partial charge on any atom is -0.368 e. The molecule has 1 amide bonds. The van der Waals surface area contributed by atoms with Crippen molar-refractivity contribution >= 4 is 16.8 Å². The molecule has 0 saturated carbocycles. The van der Waals surface area contributed by atoms with Crippen molar-refractivity contribution in [3.05, 3.63) is 56.5 Å². The number of primary amides is 1. The van der Waals surface area contributed by atoms with Crippen LogP contribution in [-0.2, 0) is 11.3 Å². The summed E-state index contributed by atoms with van der Waals surface area (Å²) >= 11 is 0. The van der Waals surface area contributed by atoms with Crippen LogP contribution < -0.4 is 16.7 Å². The lowest BCUT2D eigenvalue weighted by atomic mass is 10.2. The fraction of sp³-hybridized carbons (Fsp3) is 0.154. The van der Waals surface area contributed by atoms with E-state index in [1.54, 1.807) is 31.2 Å². The third kappa shape index (κ3) is 2.02. The van der Waals surface area contributed by atoms with E-state index < -0.39 is 11.5 Å². The van der Waals surface area contributed by atoms with Crippen LogP contribution in [0.5, 0.6) is 0 Å². The van der Waals surface area contributed by atoms with Crippen LogP contribution in [0.15, 0.2) is 39.9 Å². The Bertz CT molecular complexity index is 747. The zero-order valence-electron chi connectivity index (χ0n) is 9.84. The van der Waals surface area contributed by atoms with Crippen molar-refractivity contribution in [2.75, 3.05) is 0 Å². The molecule has 2 aromatic rings. The van der Waals surface area contributed by atoms with Crippen LogP contribution >= 0.6 is 0 Å². The van der Waals surface area contributed by atoms with Gasteiger partial charge in [0, 0.05) is 17.0 Å². The van der Waals surface area contributed by atoms with E-state index >= 15 is 0 Å². The molecule has 18 heavy (non-hydrogen) atoms. The SMILES string of the molecule is Cc1cc(=O)n(CC(N)=O)c2ccccc2c1=O. The minimum absolute atomic E-state index is 0.217. The maximum Gasteiger partial charge on any atom is 0.251 e. The summed E-state index contributed by atoms with van der Waals surface area (Å²) < 4.78 is 1.21. The van der Waals surface area contributed by atoms with Crippen molar-refractivity contribution in [3.63, 3.8) is 0 Å². The molecule has 1 aromatic heterocycles. The molecule has 1 heterocycles. The van der Waals surface area contributed by atoms with Crippen molar-refractivity contribution in [1.29, 1.82) is 0 Å². The lowest BCUT2D eigenvalue weighted by molar-refractivity contribution is -0.118. The Morgan fingerprint density at radius 3 is 2.61 bits per heavy atom. The summed E-state index contributed by atoms with van der Waals surface area (Å²) in [5.41, 5.74) is 5.26. The van der Waals surface area contributed by atoms with Gasteiger partial charge in [0.2, 0.25) is 5.91 Å². The van der Waals surface area contributed by atoms with Crippen LogP contribution in [0.3, 0.4) is 0 Å². The van der Waals surface area contributed by atoms with E-state index in [9.17, 15) is 14.4 Å². The van der Waals surface area contributed by atoms with Gasteiger partial charge in [0.1, 0.15) is 6.54 Å². The second kappa shape index (κ2) is 4.44. The van der Waals surface area contributed by atoms with Gasteiger partial charge in [-0.3, -0.25) is 19.0 Å². The van der Waals surface area contributed by atoms with E-state index in [1.165, 1.54) is 10.6 Å². The zero-order chi connectivity index (χ0) is 13.3. The van der Waals surface area contributed by atoms with E-state index in [0.717, 1.165) is 0 Å². The van der Waals surface area contributed by atoms with Gasteiger partial charge in [-0.1, -0.05) is 12.1 Å². The van der Waals surface area contributed by atoms with Gasteiger partial charge in [-0.2, -0.15) is 0 Å². The predicted octanol–water partition coefficient (Wildman–Crippen LogP) is 0.155. The van der Waals surface area contributed by atoms with E-state index in [1.807, 2.05) is 0 Å². The van der Waals surface area contributed by atoms with Crippen molar-refractivity contribution in [1.82, 2.24) is 4.57 Å². The Hall–Kier alpha value is -2.43. The molecular weight excluding hydrogens is 232 g/mol. The first kappa shape index (κ1) is 12.0. The highest BCUT2D eigenvalue weighted by molar-refractivity contribution is 5.81. The molecule has 0 saturated heterocycles. The van der Waals surface area contributed by atoms with Gasteiger partial charge in [-0.15, -0.1) is 0 Å². The lowest BCUT2D eigenvalue weighted by Gasteiger charge is -2.03. The van der Waals surface area contributed by atoms with Gasteiger partial charge in [0.05, 0.1) is 5.52 Å². The number of hydrogen-bond donors (Lipinski definition) is 1. The molecule has 0 radical (unpaired) electrons. The average Bonchev–Trinajstić information content (AvgIpc) is 2.41. The van der Waals surface area contributed by atoms with E-state index in [-0.39, 0.29) is 12.0 Å². The number of carbonyl (C=O) groups excluding carboxylic acids is 1. The first-order valence-corrected chi connectivity index (χ1v) is 5.42. The number of carbonyl (C=O) groups is 1. The van der Waals surface area contributed by atoms with Gasteiger partial charge in [-0.05, 0) is 19.1 Å². The van der Waals surface area contributed by atoms with Crippen molar-refractivity contribution in [3.8, 4) is 0 Å². The number of aromatic nitrogens is 1. The Balaban J connectivity index is 3.03. The summed E-state index contributed by atoms with van der Waals surface area (Å²) in [6.45, 7) is 1.33. The normalized spacial score (nSPS) is 10.5. The molecule has 0 atom stereocenters. The third-order valence-corrected chi connectivity index (χ3v) is 2.72. The summed E-state index contributed by atoms with van der Waals surface area (Å²) in [4.78, 5) is 35.0. The Morgan fingerprint density at radius 1 is 1.28 bits per heavy atom. The van der Waals surface area contributed by atoms with Crippen LogP contribution in [-0.4, -0.2) is 10.5 Å². The standard InChI is InChI=1S/C13H12N2O3/c1-8-6-12(17)15(7-11(14)16)10-5-3-2-4-9(10)13(8)18/h2-6H,7H2,1H3,(H2,14,16). The van der Waals surface area contributed by atoms with Gasteiger partial charge < -0.3 is 5.73 Å². The van der Waals surface area contributed by atoms with Gasteiger partial charge in [0.15, 0.2) is 5.43 Å². The van der Waals surface area contributed by atoms with Crippen molar-refractivity contribution < 1.29 is 4.79 Å². The molecule has 0 spiro atoms. The quantitative estimate of drug-likeness (QED) is 0.816. The summed E-state index contributed by atoms with van der Waals surface area (Å²) in [6, 6.07) is 7.89. The number of benzene rings is 1. The van der Waals surface area contributed by atoms with Crippen LogP contribution in [0, 0.1) is 6.92 Å². The molecule has 1 aromatic carbocycles. The first-order chi connectivity index (χ1) is 8.50. The van der Waals surface area contributed by atoms with Gasteiger partial charge in [0.25, 0.3) is 5.56 Å². The maximum absolute atomic E-state index is 12.1. The molecule has 0 aliphatic rings. The van der Waals surface area contributed by atoms with E-state index in [4.69, 9.17) is 5.73 Å². The van der Waals surface area contributed by atoms with Crippen molar-refractivity contribution in [2.45, 2.75) is 13.5 Å². The molecule has 5 heteroatoms. The smallest absolute Gasteiger partial charge is 0.251 e. The second-order valence-electron chi connectivity index (χ2n) is 4.06. The largest absolute Gasteiger partial charge is 0.368 e. The highest BCUT2D eigenvalue weighted by Crippen LogP contribution is 2.07. The molecule has 0 fully saturated rings. The first-order valence-electron chi connectivity index (χ1n) is 5.42. The predicted molar refractivity (Wildman–Crippen MR) is 68.4 cm³/mol. The molecule has 2 rings (SSSR count). The fourth-order valence-corrected chi connectivity index (χ4v) is 1.88. The van der Waals surface area contributed by atoms with Crippen molar-refractivity contribution in [2.24, 2.45) is 5.73 Å². The Labute approximate surface area is 102 Å². The molecular formula is C13H12N2O3. The number of hydrogen-bond acceptors (Lipinski definition) is 3. The molecule has 5 nitrogen and oxygen atoms in total. The summed E-state index contributed by atoms with van der Waals surface area (Å²) in [5, 5.41) is 0.401. The van der Waals surface area contributed by atoms with E-state index in [0.29, 0.717) is 16.5 Å². The Morgan fingerprint density at radius 2 is 1.94 bits per heavy atom. The number of rotatable bonds is 2. The monoisotopic (exact) mass is 244 g/mol. The maximum atomic E-state index is 12.1. The number of nitrogens with zero attached hydrogens (tertiary/aromatic N) is 1. The summed E-state index contributed by atoms with van der Waals surface area (Å²) in [7, 11) is 0. The Kier molecular flexibility index (Phi) is 2.97. The van der Waals surface area contributed by atoms with Gasteiger partial charge in [-0.25, -0.2) is 0 Å². The molecule has 0 bridgehead atoms. The second-order valence-corrected chi connectivity index (χ2v) is 4.06. The summed E-state index contributed by atoms with van der Waals surface area (Å²) in [6.07, 6.45) is 0. The number of para-hydroxylation sites is 1. The zero-order valence-corrected chi connectivity index (χ0v) is 9.84. The molecule has 2 N–H and O–H groups in total. The number of fused-ring (bicyclic) bond motifs is 1. The number of aryl methyl sites for hydroxylation is 1. The minimum atomic E-state index is -0.626. The molecule has 0 aliphatic heterocycles. The topological polar surface area (TPSA) is 82.2 Å². The molecule has 0 aliphatic carbocycles. The summed E-state index contributed by atoms with van der Waals surface area (Å²) in [5.74, 6) is -0.626. The highest BCUT2D eigenvalue weighted by atomic mass is 16.2. The fourth-order valence-electron chi connectivity index (χ4n) is 1.88. The average molecular weight is 244 g/mol. The van der Waals surface area contributed by atoms with Crippen LogP contribution in [0.2, 0.25) is 0 Å². The number of nitrogens with two attached hydrogens (primary N) is 1. The van der Waals surface area contributed by atoms with Gasteiger partial charge >= 0.3 is 0 Å². The lowest BCUT2D eigenvalue weighted by Crippen LogP contribution is -2.26. The molecule has 92 valence electrons. The molecule has 0 unspecified atom stereocenters. The highest BCUT2D eigenvalue weighted by Gasteiger charge is 2.08. The van der Waals surface area contributed by atoms with E-state index in [2.05, 4.69) is 0 Å². The van der Waals surface area contributed by atoms with Crippen LogP contribution in [0.1, 0.15) is 5.56 Å². The third-order valence-electron chi connectivity index (χ3n) is 2.72. The van der Waals surface area contributed by atoms with Crippen LogP contribution in [0.4, 0.5) is 0 Å².